The maximum atomic E-state index is 12.7. The number of nitrogens with zero attached hydrogens (tertiary/aromatic N) is 1. The van der Waals surface area contributed by atoms with Gasteiger partial charge in [-0.15, -0.1) is 0 Å². The molecule has 0 aromatic heterocycles. The van der Waals surface area contributed by atoms with Gasteiger partial charge >= 0.3 is 6.18 Å². The molecule has 36 heavy (non-hydrogen) atoms. The van der Waals surface area contributed by atoms with Crippen LogP contribution in [0.25, 0.3) is 0 Å². The number of hydrogen-bond acceptors (Lipinski definition) is 4. The van der Waals surface area contributed by atoms with Crippen molar-refractivity contribution in [3.05, 3.63) is 69.2 Å². The van der Waals surface area contributed by atoms with Crippen LogP contribution in [0.4, 0.5) is 13.2 Å². The molecule has 0 saturated heterocycles. The van der Waals surface area contributed by atoms with E-state index in [0.717, 1.165) is 66.9 Å². The largest absolute Gasteiger partial charge is 0.493 e. The van der Waals surface area contributed by atoms with E-state index in [1.807, 2.05) is 12.1 Å². The van der Waals surface area contributed by atoms with Gasteiger partial charge in [-0.3, -0.25) is 0 Å². The van der Waals surface area contributed by atoms with E-state index in [2.05, 4.69) is 19.0 Å². The van der Waals surface area contributed by atoms with E-state index in [1.165, 1.54) is 12.1 Å². The van der Waals surface area contributed by atoms with Crippen LogP contribution in [0.1, 0.15) is 62.3 Å². The van der Waals surface area contributed by atoms with Crippen LogP contribution < -0.4 is 9.47 Å². The molecule has 2 aromatic rings. The van der Waals surface area contributed by atoms with Crippen LogP contribution in [-0.2, 0) is 23.9 Å². The molecule has 4 nitrogen and oxygen atoms in total. The van der Waals surface area contributed by atoms with Crippen molar-refractivity contribution in [2.24, 2.45) is 5.16 Å². The van der Waals surface area contributed by atoms with Crippen LogP contribution in [-0.4, -0.2) is 25.5 Å². The fraction of sp³-hybridized carbons (Fsp3) is 0.444. The van der Waals surface area contributed by atoms with Crippen molar-refractivity contribution in [3.63, 3.8) is 0 Å². The minimum Gasteiger partial charge on any atom is -0.493 e. The van der Waals surface area contributed by atoms with Crippen molar-refractivity contribution in [1.82, 2.24) is 0 Å². The fourth-order valence-corrected chi connectivity index (χ4v) is 3.56. The van der Waals surface area contributed by atoms with Gasteiger partial charge in [-0.25, -0.2) is 0 Å². The highest BCUT2D eigenvalue weighted by atomic mass is 35.5. The van der Waals surface area contributed by atoms with Crippen molar-refractivity contribution < 1.29 is 27.5 Å². The summed E-state index contributed by atoms with van der Waals surface area (Å²) in [5.74, 6) is 1.66. The number of alkyl halides is 3. The highest BCUT2D eigenvalue weighted by Gasteiger charge is 2.30. The van der Waals surface area contributed by atoms with Crippen molar-refractivity contribution in [1.29, 1.82) is 0 Å². The first-order chi connectivity index (χ1) is 17.2. The van der Waals surface area contributed by atoms with Gasteiger partial charge in [-0.1, -0.05) is 54.3 Å². The number of oxime groups is 1. The Balaban J connectivity index is 1.76. The van der Waals surface area contributed by atoms with Gasteiger partial charge in [-0.2, -0.15) is 13.2 Å². The number of halogens is 5. The first-order valence-electron chi connectivity index (χ1n) is 11.9. The van der Waals surface area contributed by atoms with Gasteiger partial charge in [0.1, 0.15) is 29.2 Å². The Kier molecular flexibility index (Phi) is 12.4. The second-order valence-electron chi connectivity index (χ2n) is 8.08. The third-order valence-corrected chi connectivity index (χ3v) is 5.73. The number of aryl methyl sites for hydroxylation is 2. The second kappa shape index (κ2) is 15.0. The normalized spacial score (nSPS) is 11.8. The lowest BCUT2D eigenvalue weighted by atomic mass is 10.0. The molecule has 0 atom stereocenters. The lowest BCUT2D eigenvalue weighted by molar-refractivity contribution is -0.137. The Hall–Kier alpha value is -2.38. The van der Waals surface area contributed by atoms with Gasteiger partial charge in [0, 0.05) is 0 Å². The van der Waals surface area contributed by atoms with E-state index in [0.29, 0.717) is 31.1 Å². The number of benzene rings is 2. The molecule has 2 aromatic carbocycles. The summed E-state index contributed by atoms with van der Waals surface area (Å²) in [5, 5.41) is 4.01. The fourth-order valence-electron chi connectivity index (χ4n) is 3.43. The minimum absolute atomic E-state index is 0.174. The molecule has 0 fully saturated rings. The lowest BCUT2D eigenvalue weighted by Gasteiger charge is -2.17. The number of hydrogen-bond donors (Lipinski definition) is 0. The summed E-state index contributed by atoms with van der Waals surface area (Å²) in [6.07, 6.45) is 1.41. The molecule has 0 radical (unpaired) electrons. The molecule has 0 heterocycles. The number of ether oxygens (including phenoxy) is 2. The molecular formula is C27H32Cl2F3NO3. The molecule has 198 valence electrons. The third-order valence-electron chi connectivity index (χ3n) is 5.42. The van der Waals surface area contributed by atoms with Gasteiger partial charge in [0.05, 0.1) is 17.9 Å². The SMILES string of the molecule is CCc1cc(OCC=C(Cl)Cl)cc(CC)c1OCCCCCON=C(C)c1ccc(C(F)(F)F)cc1. The lowest BCUT2D eigenvalue weighted by Crippen LogP contribution is -2.06. The molecule has 0 spiro atoms. The Morgan fingerprint density at radius 2 is 1.53 bits per heavy atom. The molecule has 0 aliphatic heterocycles. The summed E-state index contributed by atoms with van der Waals surface area (Å²) in [6, 6.07) is 8.83. The zero-order valence-electron chi connectivity index (χ0n) is 20.8. The Labute approximate surface area is 221 Å². The van der Waals surface area contributed by atoms with Gasteiger partial charge in [-0.05, 0) is 86.1 Å². The van der Waals surface area contributed by atoms with E-state index < -0.39 is 11.7 Å². The highest BCUT2D eigenvalue weighted by Crippen LogP contribution is 2.31. The monoisotopic (exact) mass is 545 g/mol. The maximum absolute atomic E-state index is 12.7. The molecule has 0 bridgehead atoms. The summed E-state index contributed by atoms with van der Waals surface area (Å²) >= 11 is 11.3. The first kappa shape index (κ1) is 29.8. The minimum atomic E-state index is -4.35. The van der Waals surface area contributed by atoms with Crippen molar-refractivity contribution in [2.75, 3.05) is 19.8 Å². The topological polar surface area (TPSA) is 40.0 Å². The zero-order valence-corrected chi connectivity index (χ0v) is 22.3. The van der Waals surface area contributed by atoms with Crippen molar-refractivity contribution in [3.8, 4) is 11.5 Å². The zero-order chi connectivity index (χ0) is 26.6. The summed E-state index contributed by atoms with van der Waals surface area (Å²) in [5.41, 5.74) is 2.60. The van der Waals surface area contributed by atoms with E-state index in [4.69, 9.17) is 37.5 Å². The molecular weight excluding hydrogens is 514 g/mol. The van der Waals surface area contributed by atoms with E-state index in [1.54, 1.807) is 13.0 Å². The number of unbranched alkanes of at least 4 members (excludes halogenated alkanes) is 2. The van der Waals surface area contributed by atoms with Crippen LogP contribution >= 0.6 is 23.2 Å². The van der Waals surface area contributed by atoms with Crippen LogP contribution in [0, 0.1) is 0 Å². The smallest absolute Gasteiger partial charge is 0.416 e. The van der Waals surface area contributed by atoms with Gasteiger partial charge in [0.2, 0.25) is 0 Å². The van der Waals surface area contributed by atoms with Crippen LogP contribution in [0.5, 0.6) is 11.5 Å². The van der Waals surface area contributed by atoms with E-state index in [9.17, 15) is 13.2 Å². The Morgan fingerprint density at radius 1 is 0.917 bits per heavy atom. The molecule has 0 N–H and O–H groups in total. The number of rotatable bonds is 14. The predicted octanol–water partition coefficient (Wildman–Crippen LogP) is 8.52. The summed E-state index contributed by atoms with van der Waals surface area (Å²) in [7, 11) is 0. The molecule has 0 saturated carbocycles. The molecule has 2 rings (SSSR count). The molecule has 0 aliphatic rings. The summed E-state index contributed by atoms with van der Waals surface area (Å²) < 4.78 is 50.0. The average molecular weight is 546 g/mol. The molecule has 9 heteroatoms. The standard InChI is InChI=1S/C27H32Cl2F3NO3/c1-4-20-17-24(34-16-13-25(28)29)18-21(5-2)26(20)35-14-7-6-8-15-36-33-19(3)22-9-11-23(12-10-22)27(30,31)32/h9-13,17-18H,4-8,14-16H2,1-3H3. The van der Waals surface area contributed by atoms with E-state index >= 15 is 0 Å². The second-order valence-corrected chi connectivity index (χ2v) is 9.08. The molecule has 0 aliphatic carbocycles. The predicted molar refractivity (Wildman–Crippen MR) is 139 cm³/mol. The van der Waals surface area contributed by atoms with Crippen LogP contribution in [0.3, 0.4) is 0 Å². The van der Waals surface area contributed by atoms with E-state index in [-0.39, 0.29) is 4.49 Å². The van der Waals surface area contributed by atoms with Gasteiger partial charge < -0.3 is 14.3 Å². The van der Waals surface area contributed by atoms with Crippen molar-refractivity contribution >= 4 is 28.9 Å². The highest BCUT2D eigenvalue weighted by molar-refractivity contribution is 6.55. The first-order valence-corrected chi connectivity index (χ1v) is 12.7. The molecule has 0 amide bonds. The third kappa shape index (κ3) is 9.94. The summed E-state index contributed by atoms with van der Waals surface area (Å²) in [6.45, 7) is 7.15. The van der Waals surface area contributed by atoms with Gasteiger partial charge in [0.25, 0.3) is 0 Å². The summed E-state index contributed by atoms with van der Waals surface area (Å²) in [4.78, 5) is 5.34. The van der Waals surface area contributed by atoms with Crippen molar-refractivity contribution in [2.45, 2.75) is 59.1 Å². The Bertz CT molecular complexity index is 993. The van der Waals surface area contributed by atoms with Gasteiger partial charge in [0.15, 0.2) is 0 Å². The maximum Gasteiger partial charge on any atom is 0.416 e. The quantitative estimate of drug-likeness (QED) is 0.136. The average Bonchev–Trinajstić information content (AvgIpc) is 2.84. The van der Waals surface area contributed by atoms with Crippen LogP contribution in [0.15, 0.2) is 52.1 Å². The Morgan fingerprint density at radius 3 is 2.08 bits per heavy atom. The van der Waals surface area contributed by atoms with Crippen LogP contribution in [0.2, 0.25) is 0 Å². The molecule has 0 unspecified atom stereocenters.